The zero-order chi connectivity index (χ0) is 106. The van der Waals surface area contributed by atoms with E-state index in [9.17, 15) is 81.4 Å². The highest BCUT2D eigenvalue weighted by atomic mass is 35.7. The molecule has 8 N–H and O–H groups in total. The summed E-state index contributed by atoms with van der Waals surface area (Å²) >= 11 is 0. The SMILES string of the molecule is CC(C)C=O.CCc1cc(O)c(C(=O)OC)cc1S(=O)(=O)Cl.CCc1ccc(N(CC(C)C)S(=O)(=O)c2ccc(O)c(C(=O)OC)c2)cc1.CCc1ccc(N)cc1.CCc1ccc(NCC(C)C)cc1.COC(=O)c1cc(S(=O)(=O)Cl)ccc1O.COC(=O)c1ccccc1O.Cc1ccc(S(=O)(=O)OCC2CCOCC2)cc1.Cc1ccc(S(=O)(=O)OCC2CCOCC2)cc1.OCC1CCOCC1. The lowest BCUT2D eigenvalue weighted by atomic mass is 10.0. The van der Waals surface area contributed by atoms with E-state index < -0.39 is 72.2 Å². The first-order chi connectivity index (χ1) is 66.5. The van der Waals surface area contributed by atoms with E-state index in [1.807, 2.05) is 72.7 Å². The molecule has 39 heteroatoms. The Labute approximate surface area is 840 Å². The van der Waals surface area contributed by atoms with Crippen LogP contribution in [0.15, 0.2) is 219 Å². The highest BCUT2D eigenvalue weighted by Gasteiger charge is 2.30. The number of carbonyl (C=O) groups is 5. The Morgan fingerprint density at radius 3 is 1.14 bits per heavy atom. The molecule has 12 rings (SSSR count). The highest BCUT2D eigenvalue weighted by Crippen LogP contribution is 2.33. The summed E-state index contributed by atoms with van der Waals surface area (Å²) in [5.41, 5.74) is 13.9. The summed E-state index contributed by atoms with van der Waals surface area (Å²) in [6, 6.07) is 52.5. The molecule has 141 heavy (non-hydrogen) atoms. The summed E-state index contributed by atoms with van der Waals surface area (Å²) in [5.74, 6) is -2.02. The van der Waals surface area contributed by atoms with E-state index in [1.54, 1.807) is 79.7 Å². The van der Waals surface area contributed by atoms with Crippen molar-refractivity contribution in [1.29, 1.82) is 0 Å². The predicted molar refractivity (Wildman–Crippen MR) is 545 cm³/mol. The van der Waals surface area contributed by atoms with Gasteiger partial charge in [0.05, 0.1) is 71.8 Å². The van der Waals surface area contributed by atoms with Gasteiger partial charge in [-0.25, -0.2) is 44.4 Å². The average molecular weight is 2100 g/mol. The van der Waals surface area contributed by atoms with Crippen molar-refractivity contribution in [2.75, 3.05) is 116 Å². The number of hydrogen-bond donors (Lipinski definition) is 7. The maximum atomic E-state index is 13.3. The standard InChI is InChI=1S/C20H25NO5S.2C13H18O4S.C12H19N.C10H11ClO5S.C8H7ClO5S.C8H11N.C8H8O3.C6H12O2.C4H8O/c1-5-15-6-8-16(9-7-15)21(13-14(2)3)27(24,25)17-10-11-19(22)18(12-17)20(23)26-4;2*1-11-2-4-13(5-3-11)18(14,15)17-10-12-6-8-16-9-7-12;1-4-11-5-7-12(8-6-11)13-9-10(2)3;1-3-6-4-8(12)7(10(13)16-2)5-9(6)17(11,14)15;1-14-8(11)6-4-5(15(9,12)13)2-3-7(6)10;1-2-7-3-5-8(9)6-4-7;1-11-8(10)6-4-2-3-5-7(6)9;7-5-6-1-3-8-4-2-6;1-4(2)3-5/h6-12,14,22H,5,13H2,1-4H3;2*2-5,12H,6-10H2,1H3;5-8,10,13H,4,9H2,1-3H3;4-5,12H,3H2,1-2H3;2-4,10H,1H3;3-6H,2,9H2,1H3;2-5,9H,1H3;6-7H,1-5H2;3-4H,1-2H3. The van der Waals surface area contributed by atoms with Crippen LogP contribution >= 0.6 is 21.4 Å². The van der Waals surface area contributed by atoms with Crippen molar-refractivity contribution in [3.63, 3.8) is 0 Å². The van der Waals surface area contributed by atoms with Crippen LogP contribution in [-0.4, -0.2) is 199 Å². The van der Waals surface area contributed by atoms with E-state index in [-0.39, 0.29) is 113 Å². The summed E-state index contributed by atoms with van der Waals surface area (Å²) in [5, 5.41) is 49.8. The molecule has 3 saturated heterocycles. The molecule has 0 atom stereocenters. The van der Waals surface area contributed by atoms with E-state index in [1.165, 1.54) is 65.7 Å². The van der Waals surface area contributed by atoms with Crippen LogP contribution in [0.1, 0.15) is 183 Å². The number of para-hydroxylation sites is 1. The second-order valence-electron chi connectivity index (χ2n) is 33.3. The molecule has 778 valence electrons. The van der Waals surface area contributed by atoms with Crippen molar-refractivity contribution < 1.29 is 133 Å². The van der Waals surface area contributed by atoms with Gasteiger partial charge in [-0.2, -0.15) is 16.8 Å². The van der Waals surface area contributed by atoms with E-state index in [0.717, 1.165) is 151 Å². The number of aldehydes is 1. The number of anilines is 3. The monoisotopic (exact) mass is 2100 g/mol. The van der Waals surface area contributed by atoms with Gasteiger partial charge >= 0.3 is 23.9 Å². The molecular formula is C102H137Cl2N3O29S5. The fourth-order valence-corrected chi connectivity index (χ4v) is 17.9. The zero-order valence-electron chi connectivity index (χ0n) is 82.7. The summed E-state index contributed by atoms with van der Waals surface area (Å²) < 4.78 is 164. The van der Waals surface area contributed by atoms with Gasteiger partial charge in [0.1, 0.15) is 51.5 Å². The smallest absolute Gasteiger partial charge is 0.341 e. The molecule has 0 amide bonds. The molecule has 0 spiro atoms. The fourth-order valence-electron chi connectivity index (χ4n) is 12.3. The molecule has 0 bridgehead atoms. The number of hydrogen-bond acceptors (Lipinski definition) is 31. The van der Waals surface area contributed by atoms with Crippen LogP contribution in [0.4, 0.5) is 17.1 Å². The molecule has 0 aliphatic carbocycles. The maximum absolute atomic E-state index is 13.3. The van der Waals surface area contributed by atoms with Crippen LogP contribution in [0.25, 0.3) is 0 Å². The zero-order valence-corrected chi connectivity index (χ0v) is 88.3. The summed E-state index contributed by atoms with van der Waals surface area (Å²) in [6.45, 7) is 30.5. The lowest BCUT2D eigenvalue weighted by molar-refractivity contribution is -0.110. The van der Waals surface area contributed by atoms with Crippen LogP contribution < -0.4 is 15.4 Å². The molecular weight excluding hydrogens is 1960 g/mol. The summed E-state index contributed by atoms with van der Waals surface area (Å²) in [7, 11) is -4.06. The Hall–Kier alpha value is -10.8. The Balaban J connectivity index is 0.000000413. The minimum Gasteiger partial charge on any atom is -0.507 e. The van der Waals surface area contributed by atoms with Crippen LogP contribution in [-0.2, 0) is 120 Å². The first kappa shape index (κ1) is 124. The maximum Gasteiger partial charge on any atom is 0.341 e. The summed E-state index contributed by atoms with van der Waals surface area (Å²) in [6.07, 6.45) is 9.87. The molecule has 0 unspecified atom stereocenters. The Morgan fingerprint density at radius 2 is 0.794 bits per heavy atom. The van der Waals surface area contributed by atoms with Crippen LogP contribution in [0.5, 0.6) is 23.0 Å². The molecule has 0 radical (unpaired) electrons. The lowest BCUT2D eigenvalue weighted by Crippen LogP contribution is -2.34. The van der Waals surface area contributed by atoms with Crippen molar-refractivity contribution in [1.82, 2.24) is 0 Å². The number of sulfonamides is 1. The molecule has 9 aromatic rings. The number of ether oxygens (including phenoxy) is 7. The second-order valence-corrected chi connectivity index (χ2v) is 43.4. The number of benzene rings is 9. The van der Waals surface area contributed by atoms with Crippen molar-refractivity contribution >= 4 is 117 Å². The molecule has 3 fully saturated rings. The Kier molecular flexibility index (Phi) is 56.4. The molecule has 0 saturated carbocycles. The normalized spacial score (nSPS) is 13.2. The number of aryl methyl sites for hydroxylation is 6. The number of rotatable bonds is 28. The molecule has 3 aliphatic heterocycles. The largest absolute Gasteiger partial charge is 0.507 e. The quantitative estimate of drug-likeness (QED) is 0.00598. The van der Waals surface area contributed by atoms with Gasteiger partial charge in [-0.05, 0) is 251 Å². The number of phenols is 4. The molecule has 3 aliphatic rings. The van der Waals surface area contributed by atoms with Gasteiger partial charge in [0.2, 0.25) is 0 Å². The predicted octanol–water partition coefficient (Wildman–Crippen LogP) is 18.2. The third kappa shape index (κ3) is 46.0. The number of carbonyl (C=O) groups excluding carboxylic acids is 5. The van der Waals surface area contributed by atoms with Gasteiger partial charge in [0.15, 0.2) is 0 Å². The van der Waals surface area contributed by atoms with Gasteiger partial charge in [-0.1, -0.05) is 153 Å². The number of phenolic OH excluding ortho intramolecular Hbond substituents is 4. The fraction of sp³-hybridized carbons (Fsp3) is 0.422. The highest BCUT2D eigenvalue weighted by molar-refractivity contribution is 8.14. The van der Waals surface area contributed by atoms with Gasteiger partial charge < -0.3 is 74.5 Å². The number of aliphatic hydroxyl groups excluding tert-OH is 1. The molecule has 3 heterocycles. The lowest BCUT2D eigenvalue weighted by Gasteiger charge is -2.26. The second kappa shape index (κ2) is 64.0. The number of esters is 4. The van der Waals surface area contributed by atoms with Crippen molar-refractivity contribution in [2.24, 2.45) is 35.5 Å². The number of aliphatic hydroxyl groups is 1. The van der Waals surface area contributed by atoms with Crippen molar-refractivity contribution in [3.05, 3.63) is 250 Å². The minimum absolute atomic E-state index is 0.0562. The number of nitrogens with two attached hydrogens (primary N) is 1. The van der Waals surface area contributed by atoms with E-state index in [2.05, 4.69) is 88.4 Å². The summed E-state index contributed by atoms with van der Waals surface area (Å²) in [4.78, 5) is 54.4. The molecule has 32 nitrogen and oxygen atoms in total. The third-order valence-electron chi connectivity index (χ3n) is 20.9. The first-order valence-electron chi connectivity index (χ1n) is 45.6. The average Bonchev–Trinajstić information content (AvgIpc) is 0.779. The Morgan fingerprint density at radius 1 is 0.440 bits per heavy atom. The third-order valence-corrected chi connectivity index (χ3v) is 28.0. The van der Waals surface area contributed by atoms with Crippen molar-refractivity contribution in [2.45, 2.75) is 172 Å². The van der Waals surface area contributed by atoms with Crippen LogP contribution in [0.2, 0.25) is 0 Å². The number of nitrogen functional groups attached to an aromatic ring is 1. The van der Waals surface area contributed by atoms with Crippen LogP contribution in [0, 0.1) is 49.4 Å². The topological polar surface area (TPSA) is 482 Å². The van der Waals surface area contributed by atoms with Gasteiger partial charge in [0.25, 0.3) is 48.4 Å². The number of aromatic hydroxyl groups is 4. The molecule has 0 aromatic heterocycles. The number of methoxy groups -OCH3 is 4. The number of halogens is 2. The molecule has 9 aromatic carbocycles. The van der Waals surface area contributed by atoms with E-state index in [0.29, 0.717) is 62.5 Å². The van der Waals surface area contributed by atoms with Gasteiger partial charge in [-0.3, -0.25) is 12.7 Å². The van der Waals surface area contributed by atoms with E-state index >= 15 is 0 Å². The van der Waals surface area contributed by atoms with Crippen molar-refractivity contribution in [3.8, 4) is 23.0 Å². The number of nitrogens with one attached hydrogen (secondary N) is 1. The first-order valence-corrected chi connectivity index (χ1v) is 54.4. The van der Waals surface area contributed by atoms with E-state index in [4.69, 9.17) is 59.9 Å². The number of nitrogens with zero attached hydrogens (tertiary/aromatic N) is 1. The minimum atomic E-state index is -3.97. The Bertz CT molecular complexity index is 5810. The van der Waals surface area contributed by atoms with Crippen LogP contribution in [0.3, 0.4) is 0 Å². The van der Waals surface area contributed by atoms with Gasteiger partial charge in [0, 0.05) is 98.0 Å². The van der Waals surface area contributed by atoms with Gasteiger partial charge in [-0.15, -0.1) is 0 Å².